The van der Waals surface area contributed by atoms with E-state index in [0.717, 1.165) is 6.42 Å². The van der Waals surface area contributed by atoms with Crippen molar-refractivity contribution >= 4 is 5.69 Å². The summed E-state index contributed by atoms with van der Waals surface area (Å²) in [5, 5.41) is 0. The van der Waals surface area contributed by atoms with Crippen LogP contribution in [0.15, 0.2) is 18.2 Å². The lowest BCUT2D eigenvalue weighted by molar-refractivity contribution is 0.510. The molecule has 1 atom stereocenters. The van der Waals surface area contributed by atoms with E-state index in [2.05, 4.69) is 58.0 Å². The third-order valence-electron chi connectivity index (χ3n) is 2.79. The van der Waals surface area contributed by atoms with Crippen molar-refractivity contribution in [3.63, 3.8) is 0 Å². The molecule has 0 fully saturated rings. The van der Waals surface area contributed by atoms with Crippen LogP contribution in [0, 0.1) is 12.8 Å². The van der Waals surface area contributed by atoms with Crippen LogP contribution in [0.5, 0.6) is 0 Å². The molecule has 1 aromatic rings. The maximum Gasteiger partial charge on any atom is 0.0412 e. The minimum Gasteiger partial charge on any atom is -0.377 e. The highest BCUT2D eigenvalue weighted by Gasteiger charge is 2.13. The Morgan fingerprint density at radius 3 is 2.38 bits per heavy atom. The summed E-state index contributed by atoms with van der Waals surface area (Å²) >= 11 is 0. The van der Waals surface area contributed by atoms with Gasteiger partial charge >= 0.3 is 0 Å². The van der Waals surface area contributed by atoms with E-state index in [1.54, 1.807) is 0 Å². The lowest BCUT2D eigenvalue weighted by Gasteiger charge is -2.23. The van der Waals surface area contributed by atoms with Crippen LogP contribution in [0.3, 0.4) is 0 Å². The molecular formula is C14H24N2. The van der Waals surface area contributed by atoms with Crippen LogP contribution in [0.1, 0.15) is 37.4 Å². The Kier molecular flexibility index (Phi) is 4.36. The van der Waals surface area contributed by atoms with Crippen LogP contribution >= 0.6 is 0 Å². The van der Waals surface area contributed by atoms with Gasteiger partial charge in [-0.15, -0.1) is 0 Å². The highest BCUT2D eigenvalue weighted by atomic mass is 15.1. The van der Waals surface area contributed by atoms with E-state index >= 15 is 0 Å². The zero-order valence-corrected chi connectivity index (χ0v) is 11.1. The number of hydrogen-bond acceptors (Lipinski definition) is 2. The van der Waals surface area contributed by atoms with Gasteiger partial charge in [-0.1, -0.05) is 26.0 Å². The van der Waals surface area contributed by atoms with Gasteiger partial charge in [-0.3, -0.25) is 0 Å². The van der Waals surface area contributed by atoms with Crippen LogP contribution in [0.25, 0.3) is 0 Å². The van der Waals surface area contributed by atoms with Crippen LogP contribution in [-0.4, -0.2) is 14.1 Å². The molecule has 0 spiro atoms. The van der Waals surface area contributed by atoms with Crippen LogP contribution in [0.4, 0.5) is 5.69 Å². The van der Waals surface area contributed by atoms with Gasteiger partial charge in [0.1, 0.15) is 0 Å². The monoisotopic (exact) mass is 220 g/mol. The van der Waals surface area contributed by atoms with Crippen molar-refractivity contribution in [1.29, 1.82) is 0 Å². The van der Waals surface area contributed by atoms with Gasteiger partial charge in [-0.25, -0.2) is 0 Å². The van der Waals surface area contributed by atoms with E-state index in [9.17, 15) is 0 Å². The lowest BCUT2D eigenvalue weighted by atomic mass is 9.95. The van der Waals surface area contributed by atoms with Gasteiger partial charge in [-0.05, 0) is 36.5 Å². The number of anilines is 1. The Morgan fingerprint density at radius 2 is 1.88 bits per heavy atom. The summed E-state index contributed by atoms with van der Waals surface area (Å²) in [6, 6.07) is 6.65. The molecule has 0 aliphatic heterocycles. The first-order valence-corrected chi connectivity index (χ1v) is 5.95. The summed E-state index contributed by atoms with van der Waals surface area (Å²) in [5.74, 6) is 0.631. The number of nitrogens with two attached hydrogens (primary N) is 1. The third kappa shape index (κ3) is 3.24. The van der Waals surface area contributed by atoms with E-state index in [1.165, 1.54) is 16.8 Å². The van der Waals surface area contributed by atoms with Crippen LogP contribution in [-0.2, 0) is 0 Å². The van der Waals surface area contributed by atoms with Crippen molar-refractivity contribution < 1.29 is 0 Å². The third-order valence-corrected chi connectivity index (χ3v) is 2.79. The summed E-state index contributed by atoms with van der Waals surface area (Å²) in [4.78, 5) is 2.14. The largest absolute Gasteiger partial charge is 0.377 e. The molecular weight excluding hydrogens is 196 g/mol. The second kappa shape index (κ2) is 5.35. The fourth-order valence-electron chi connectivity index (χ4n) is 1.99. The first kappa shape index (κ1) is 13.0. The Morgan fingerprint density at radius 1 is 1.25 bits per heavy atom. The number of hydrogen-bond donors (Lipinski definition) is 1. The molecule has 1 aromatic carbocycles. The maximum atomic E-state index is 6.26. The van der Waals surface area contributed by atoms with Gasteiger partial charge in [0.05, 0.1) is 0 Å². The molecule has 0 saturated heterocycles. The lowest BCUT2D eigenvalue weighted by Crippen LogP contribution is -2.18. The zero-order chi connectivity index (χ0) is 12.3. The van der Waals surface area contributed by atoms with E-state index in [-0.39, 0.29) is 6.04 Å². The molecule has 0 bridgehead atoms. The normalized spacial score (nSPS) is 12.9. The fourth-order valence-corrected chi connectivity index (χ4v) is 1.99. The quantitative estimate of drug-likeness (QED) is 0.844. The molecule has 2 nitrogen and oxygen atoms in total. The van der Waals surface area contributed by atoms with Crippen molar-refractivity contribution in [2.45, 2.75) is 33.2 Å². The fraction of sp³-hybridized carbons (Fsp3) is 0.571. The molecule has 0 aromatic heterocycles. The molecule has 0 aliphatic carbocycles. The van der Waals surface area contributed by atoms with Crippen molar-refractivity contribution in [2.75, 3.05) is 19.0 Å². The summed E-state index contributed by atoms with van der Waals surface area (Å²) in [6.07, 6.45) is 1.03. The summed E-state index contributed by atoms with van der Waals surface area (Å²) < 4.78 is 0. The second-order valence-corrected chi connectivity index (χ2v) is 5.19. The Bertz CT molecular complexity index is 343. The standard InChI is InChI=1S/C14H24N2/c1-10(2)8-13(15)12-7-6-11(3)9-14(12)16(4)5/h6-7,9-10,13H,8,15H2,1-5H3. The molecule has 0 aliphatic rings. The Hall–Kier alpha value is -1.02. The van der Waals surface area contributed by atoms with Gasteiger partial charge in [0.25, 0.3) is 0 Å². The highest BCUT2D eigenvalue weighted by Crippen LogP contribution is 2.28. The highest BCUT2D eigenvalue weighted by molar-refractivity contribution is 5.55. The Balaban J connectivity index is 3.02. The minimum absolute atomic E-state index is 0.137. The molecule has 2 heteroatoms. The van der Waals surface area contributed by atoms with Crippen molar-refractivity contribution in [3.05, 3.63) is 29.3 Å². The number of aryl methyl sites for hydroxylation is 1. The first-order valence-electron chi connectivity index (χ1n) is 5.95. The summed E-state index contributed by atoms with van der Waals surface area (Å²) in [7, 11) is 4.14. The SMILES string of the molecule is Cc1ccc(C(N)CC(C)C)c(N(C)C)c1. The maximum absolute atomic E-state index is 6.26. The predicted molar refractivity (Wildman–Crippen MR) is 71.9 cm³/mol. The summed E-state index contributed by atoms with van der Waals surface area (Å²) in [5.41, 5.74) is 10.0. The summed E-state index contributed by atoms with van der Waals surface area (Å²) in [6.45, 7) is 6.54. The van der Waals surface area contributed by atoms with Gasteiger partial charge in [0, 0.05) is 25.8 Å². The van der Waals surface area contributed by atoms with E-state index in [0.29, 0.717) is 5.92 Å². The molecule has 0 saturated carbocycles. The second-order valence-electron chi connectivity index (χ2n) is 5.19. The first-order chi connectivity index (χ1) is 7.41. The van der Waals surface area contributed by atoms with Gasteiger partial charge < -0.3 is 10.6 Å². The van der Waals surface area contributed by atoms with E-state index in [4.69, 9.17) is 5.73 Å². The Labute approximate surface area is 99.5 Å². The number of nitrogens with zero attached hydrogens (tertiary/aromatic N) is 1. The smallest absolute Gasteiger partial charge is 0.0412 e. The van der Waals surface area contributed by atoms with Crippen LogP contribution < -0.4 is 10.6 Å². The molecule has 1 rings (SSSR count). The van der Waals surface area contributed by atoms with Gasteiger partial charge in [-0.2, -0.15) is 0 Å². The molecule has 0 amide bonds. The van der Waals surface area contributed by atoms with Crippen LogP contribution in [0.2, 0.25) is 0 Å². The van der Waals surface area contributed by atoms with Gasteiger partial charge in [0.2, 0.25) is 0 Å². The average molecular weight is 220 g/mol. The number of benzene rings is 1. The topological polar surface area (TPSA) is 29.3 Å². The molecule has 2 N–H and O–H groups in total. The average Bonchev–Trinajstić information content (AvgIpc) is 2.16. The van der Waals surface area contributed by atoms with Crippen molar-refractivity contribution in [1.82, 2.24) is 0 Å². The zero-order valence-electron chi connectivity index (χ0n) is 11.1. The predicted octanol–water partition coefficient (Wildman–Crippen LogP) is 3.11. The molecule has 0 heterocycles. The molecule has 90 valence electrons. The minimum atomic E-state index is 0.137. The number of rotatable bonds is 4. The van der Waals surface area contributed by atoms with E-state index < -0.39 is 0 Å². The molecule has 1 unspecified atom stereocenters. The van der Waals surface area contributed by atoms with Gasteiger partial charge in [0.15, 0.2) is 0 Å². The molecule has 16 heavy (non-hydrogen) atoms. The van der Waals surface area contributed by atoms with Crippen molar-refractivity contribution in [3.8, 4) is 0 Å². The van der Waals surface area contributed by atoms with Crippen molar-refractivity contribution in [2.24, 2.45) is 11.7 Å². The molecule has 0 radical (unpaired) electrons. The van der Waals surface area contributed by atoms with E-state index in [1.807, 2.05) is 0 Å².